The molecule has 0 bridgehead atoms. The van der Waals surface area contributed by atoms with Crippen molar-refractivity contribution in [3.05, 3.63) is 71.0 Å². The Labute approximate surface area is 184 Å². The summed E-state index contributed by atoms with van der Waals surface area (Å²) in [5.41, 5.74) is 2.50. The Hall–Kier alpha value is -3.08. The number of aliphatic hydroxyl groups excluding tert-OH is 1. The molecule has 0 aromatic heterocycles. The van der Waals surface area contributed by atoms with E-state index in [1.54, 1.807) is 13.2 Å². The molecule has 1 unspecified atom stereocenters. The zero-order valence-corrected chi connectivity index (χ0v) is 19.1. The second-order valence-electron chi connectivity index (χ2n) is 9.40. The minimum Gasteiger partial charge on any atom is -0.503 e. The highest BCUT2D eigenvalue weighted by atomic mass is 16.5. The monoisotopic (exact) mass is 421 g/mol. The Bertz CT molecular complexity index is 1010. The second kappa shape index (κ2) is 8.58. The fourth-order valence-electron chi connectivity index (χ4n) is 3.95. The van der Waals surface area contributed by atoms with E-state index in [4.69, 9.17) is 4.74 Å². The van der Waals surface area contributed by atoms with Crippen molar-refractivity contribution in [2.75, 3.05) is 12.0 Å². The van der Waals surface area contributed by atoms with Gasteiger partial charge in [-0.25, -0.2) is 0 Å². The summed E-state index contributed by atoms with van der Waals surface area (Å²) in [4.78, 5) is 27.8. The highest BCUT2D eigenvalue weighted by molar-refractivity contribution is 6.16. The van der Waals surface area contributed by atoms with E-state index in [2.05, 4.69) is 20.8 Å². The third-order valence-electron chi connectivity index (χ3n) is 5.55. The van der Waals surface area contributed by atoms with E-state index in [1.807, 2.05) is 56.3 Å². The number of anilines is 1. The summed E-state index contributed by atoms with van der Waals surface area (Å²) in [6, 6.07) is 14.2. The average Bonchev–Trinajstić information content (AvgIpc) is 2.97. The van der Waals surface area contributed by atoms with Crippen molar-refractivity contribution in [1.29, 1.82) is 0 Å². The number of hydrogen-bond acceptors (Lipinski definition) is 4. The number of aliphatic hydroxyl groups is 1. The number of hydrogen-bond donors (Lipinski definition) is 1. The summed E-state index contributed by atoms with van der Waals surface area (Å²) in [7, 11) is 1.55. The number of carbonyl (C=O) groups excluding carboxylic acids is 2. The molecule has 3 rings (SSSR count). The quantitative estimate of drug-likeness (QED) is 0.668. The van der Waals surface area contributed by atoms with Gasteiger partial charge in [0.15, 0.2) is 11.5 Å². The van der Waals surface area contributed by atoms with Crippen molar-refractivity contribution in [2.24, 2.45) is 5.92 Å². The number of ketones is 1. The van der Waals surface area contributed by atoms with Crippen LogP contribution in [0.4, 0.5) is 5.69 Å². The maximum atomic E-state index is 13.2. The lowest BCUT2D eigenvalue weighted by Gasteiger charge is -2.29. The Morgan fingerprint density at radius 2 is 1.71 bits per heavy atom. The van der Waals surface area contributed by atoms with Gasteiger partial charge in [0, 0.05) is 17.7 Å². The fraction of sp³-hybridized carbons (Fsp3) is 0.385. The van der Waals surface area contributed by atoms with Crippen LogP contribution in [0.5, 0.6) is 5.75 Å². The van der Waals surface area contributed by atoms with Gasteiger partial charge < -0.3 is 9.84 Å². The molecular formula is C26H31NO4. The first-order valence-corrected chi connectivity index (χ1v) is 10.6. The number of amides is 1. The molecular weight excluding hydrogens is 390 g/mol. The molecule has 1 aliphatic heterocycles. The zero-order valence-electron chi connectivity index (χ0n) is 19.1. The number of nitrogens with zero attached hydrogens (tertiary/aromatic N) is 1. The SMILES string of the molecule is COc1ccccc1C1C(C(=O)CC(C)C)=C(O)C(=O)N1c1ccc(C(C)(C)C)cc1. The molecule has 0 aliphatic carbocycles. The van der Waals surface area contributed by atoms with Gasteiger partial charge in [-0.1, -0.05) is 65.0 Å². The van der Waals surface area contributed by atoms with Gasteiger partial charge in [-0.15, -0.1) is 0 Å². The van der Waals surface area contributed by atoms with Crippen LogP contribution in [-0.4, -0.2) is 23.9 Å². The predicted octanol–water partition coefficient (Wildman–Crippen LogP) is 5.51. The first-order chi connectivity index (χ1) is 14.6. The van der Waals surface area contributed by atoms with Gasteiger partial charge in [0.25, 0.3) is 5.91 Å². The van der Waals surface area contributed by atoms with Crippen molar-refractivity contribution in [1.82, 2.24) is 0 Å². The Morgan fingerprint density at radius 1 is 1.10 bits per heavy atom. The molecule has 1 heterocycles. The summed E-state index contributed by atoms with van der Waals surface area (Å²) >= 11 is 0. The summed E-state index contributed by atoms with van der Waals surface area (Å²) in [5.74, 6) is -0.638. The molecule has 1 atom stereocenters. The number of ether oxygens (including phenoxy) is 1. The van der Waals surface area contributed by atoms with Crippen LogP contribution < -0.4 is 9.64 Å². The van der Waals surface area contributed by atoms with E-state index in [0.29, 0.717) is 17.0 Å². The summed E-state index contributed by atoms with van der Waals surface area (Å²) in [6.07, 6.45) is 0.245. The first-order valence-electron chi connectivity index (χ1n) is 10.6. The first kappa shape index (κ1) is 22.6. The number of para-hydroxylation sites is 1. The van der Waals surface area contributed by atoms with E-state index in [9.17, 15) is 14.7 Å². The van der Waals surface area contributed by atoms with Crippen molar-refractivity contribution in [3.8, 4) is 5.75 Å². The molecule has 5 nitrogen and oxygen atoms in total. The van der Waals surface area contributed by atoms with E-state index < -0.39 is 17.7 Å². The van der Waals surface area contributed by atoms with Gasteiger partial charge in [-0.3, -0.25) is 14.5 Å². The maximum absolute atomic E-state index is 13.2. The molecule has 0 fully saturated rings. The molecule has 2 aromatic rings. The minimum atomic E-state index is -0.754. The normalized spacial score (nSPS) is 16.9. The van der Waals surface area contributed by atoms with E-state index >= 15 is 0 Å². The van der Waals surface area contributed by atoms with Crippen LogP contribution in [0.2, 0.25) is 0 Å². The van der Waals surface area contributed by atoms with Crippen molar-refractivity contribution in [2.45, 2.75) is 52.5 Å². The average molecular weight is 422 g/mol. The zero-order chi connectivity index (χ0) is 22.9. The summed E-state index contributed by atoms with van der Waals surface area (Å²) in [5, 5.41) is 10.8. The standard InChI is InChI=1S/C26H31NO4/c1-16(2)15-20(28)22-23(19-9-7-8-10-21(19)31-6)27(25(30)24(22)29)18-13-11-17(12-14-18)26(3,4)5/h7-14,16,23,29H,15H2,1-6H3. The number of rotatable bonds is 6. The lowest BCUT2D eigenvalue weighted by Crippen LogP contribution is -2.31. The molecule has 31 heavy (non-hydrogen) atoms. The van der Waals surface area contributed by atoms with Crippen molar-refractivity contribution >= 4 is 17.4 Å². The molecule has 1 aliphatic rings. The van der Waals surface area contributed by atoms with E-state index in [-0.39, 0.29) is 29.1 Å². The summed E-state index contributed by atoms with van der Waals surface area (Å²) < 4.78 is 5.53. The third kappa shape index (κ3) is 4.36. The third-order valence-corrected chi connectivity index (χ3v) is 5.55. The molecule has 0 radical (unpaired) electrons. The number of Topliss-reactive ketones (excluding diaryl/α,β-unsaturated/α-hetero) is 1. The number of carbonyl (C=O) groups is 2. The highest BCUT2D eigenvalue weighted by Crippen LogP contribution is 2.44. The van der Waals surface area contributed by atoms with Gasteiger partial charge >= 0.3 is 0 Å². The number of benzene rings is 2. The molecule has 1 N–H and O–H groups in total. The van der Waals surface area contributed by atoms with E-state index in [1.165, 1.54) is 4.90 Å². The minimum absolute atomic E-state index is 0.0334. The van der Waals surface area contributed by atoms with Crippen LogP contribution in [0.25, 0.3) is 0 Å². The Balaban J connectivity index is 2.16. The molecule has 2 aromatic carbocycles. The van der Waals surface area contributed by atoms with Crippen LogP contribution in [0, 0.1) is 5.92 Å². The molecule has 0 saturated heterocycles. The van der Waals surface area contributed by atoms with Crippen LogP contribution in [0.3, 0.4) is 0 Å². The topological polar surface area (TPSA) is 66.8 Å². The van der Waals surface area contributed by atoms with Crippen LogP contribution in [0.15, 0.2) is 59.9 Å². The molecule has 164 valence electrons. The summed E-state index contributed by atoms with van der Waals surface area (Å²) in [6.45, 7) is 10.2. The Morgan fingerprint density at radius 3 is 2.26 bits per heavy atom. The van der Waals surface area contributed by atoms with Gasteiger partial charge in [0.1, 0.15) is 5.75 Å². The fourth-order valence-corrected chi connectivity index (χ4v) is 3.95. The van der Waals surface area contributed by atoms with Gasteiger partial charge in [-0.2, -0.15) is 0 Å². The predicted molar refractivity (Wildman–Crippen MR) is 122 cm³/mol. The van der Waals surface area contributed by atoms with E-state index in [0.717, 1.165) is 5.56 Å². The smallest absolute Gasteiger partial charge is 0.294 e. The largest absolute Gasteiger partial charge is 0.503 e. The lowest BCUT2D eigenvalue weighted by atomic mass is 9.87. The molecule has 1 amide bonds. The number of methoxy groups -OCH3 is 1. The lowest BCUT2D eigenvalue weighted by molar-refractivity contribution is -0.118. The molecule has 0 saturated carbocycles. The maximum Gasteiger partial charge on any atom is 0.294 e. The van der Waals surface area contributed by atoms with Crippen molar-refractivity contribution in [3.63, 3.8) is 0 Å². The van der Waals surface area contributed by atoms with Crippen LogP contribution in [-0.2, 0) is 15.0 Å². The van der Waals surface area contributed by atoms with Crippen LogP contribution in [0.1, 0.15) is 58.2 Å². The van der Waals surface area contributed by atoms with Crippen LogP contribution >= 0.6 is 0 Å². The van der Waals surface area contributed by atoms with Gasteiger partial charge in [-0.05, 0) is 35.1 Å². The Kier molecular flexibility index (Phi) is 6.25. The highest BCUT2D eigenvalue weighted by Gasteiger charge is 2.45. The molecule has 0 spiro atoms. The van der Waals surface area contributed by atoms with Gasteiger partial charge in [0.2, 0.25) is 0 Å². The van der Waals surface area contributed by atoms with Gasteiger partial charge in [0.05, 0.1) is 18.7 Å². The second-order valence-corrected chi connectivity index (χ2v) is 9.40. The molecule has 5 heteroatoms. The van der Waals surface area contributed by atoms with Crippen molar-refractivity contribution < 1.29 is 19.4 Å².